The minimum atomic E-state index is -1.14. The number of carbonyl (C=O) groups is 1. The first-order chi connectivity index (χ1) is 7.91. The van der Waals surface area contributed by atoms with Gasteiger partial charge in [-0.2, -0.15) is 0 Å². The average molecular weight is 236 g/mol. The van der Waals surface area contributed by atoms with E-state index in [-0.39, 0.29) is 11.3 Å². The third kappa shape index (κ3) is 3.30. The number of carboxylic acids is 1. The number of hydrogen-bond acceptors (Lipinski definition) is 4. The van der Waals surface area contributed by atoms with Crippen molar-refractivity contribution in [3.8, 4) is 0 Å². The van der Waals surface area contributed by atoms with Gasteiger partial charge in [-0.3, -0.25) is 10.1 Å². The van der Waals surface area contributed by atoms with Crippen LogP contribution >= 0.6 is 0 Å². The molecule has 0 spiro atoms. The summed E-state index contributed by atoms with van der Waals surface area (Å²) in [5.41, 5.74) is 0.834. The van der Waals surface area contributed by atoms with E-state index >= 15 is 0 Å². The Bertz CT molecular complexity index is 480. The molecule has 0 fully saturated rings. The van der Waals surface area contributed by atoms with Crippen molar-refractivity contribution in [3.05, 3.63) is 40.0 Å². The van der Waals surface area contributed by atoms with E-state index in [1.165, 1.54) is 18.2 Å². The lowest BCUT2D eigenvalue weighted by Gasteiger charge is -2.12. The number of benzene rings is 1. The van der Waals surface area contributed by atoms with Gasteiger partial charge in [0.2, 0.25) is 0 Å². The maximum atomic E-state index is 10.8. The smallest absolute Gasteiger partial charge is 0.328 e. The van der Waals surface area contributed by atoms with Crippen LogP contribution in [0.15, 0.2) is 24.3 Å². The molecule has 0 aliphatic heterocycles. The van der Waals surface area contributed by atoms with Gasteiger partial charge in [-0.1, -0.05) is 0 Å². The normalized spacial score (nSPS) is 10.5. The molecule has 0 bridgehead atoms. The number of nitrogens with zero attached hydrogens (tertiary/aromatic N) is 2. The highest BCUT2D eigenvalue weighted by molar-refractivity contribution is 5.86. The van der Waals surface area contributed by atoms with E-state index in [1.807, 2.05) is 0 Å². The number of carboxylic acid groups (broad SMARTS) is 1. The van der Waals surface area contributed by atoms with Crippen LogP contribution in [0.2, 0.25) is 0 Å². The van der Waals surface area contributed by atoms with Crippen LogP contribution in [0.1, 0.15) is 5.56 Å². The van der Waals surface area contributed by atoms with Gasteiger partial charge in [-0.15, -0.1) is 0 Å². The lowest BCUT2D eigenvalue weighted by molar-refractivity contribution is -0.385. The highest BCUT2D eigenvalue weighted by atomic mass is 16.6. The summed E-state index contributed by atoms with van der Waals surface area (Å²) in [4.78, 5) is 22.4. The lowest BCUT2D eigenvalue weighted by atomic mass is 10.1. The van der Waals surface area contributed by atoms with Gasteiger partial charge >= 0.3 is 5.97 Å². The van der Waals surface area contributed by atoms with Crippen molar-refractivity contribution in [1.82, 2.24) is 0 Å². The van der Waals surface area contributed by atoms with Crippen LogP contribution in [0.3, 0.4) is 0 Å². The fourth-order valence-corrected chi connectivity index (χ4v) is 1.27. The Morgan fingerprint density at radius 1 is 1.47 bits per heavy atom. The van der Waals surface area contributed by atoms with Crippen LogP contribution in [0.5, 0.6) is 0 Å². The van der Waals surface area contributed by atoms with Gasteiger partial charge in [-0.25, -0.2) is 4.79 Å². The van der Waals surface area contributed by atoms with E-state index in [2.05, 4.69) is 0 Å². The molecule has 0 radical (unpaired) electrons. The van der Waals surface area contributed by atoms with Crippen molar-refractivity contribution in [2.75, 3.05) is 19.0 Å². The summed E-state index contributed by atoms with van der Waals surface area (Å²) in [5, 5.41) is 19.3. The number of nitro groups is 1. The molecule has 0 saturated carbocycles. The second-order valence-corrected chi connectivity index (χ2v) is 3.57. The van der Waals surface area contributed by atoms with E-state index in [9.17, 15) is 14.9 Å². The Labute approximate surface area is 97.9 Å². The first kappa shape index (κ1) is 12.7. The highest BCUT2D eigenvalue weighted by Crippen LogP contribution is 2.25. The first-order valence-electron chi connectivity index (χ1n) is 4.78. The van der Waals surface area contributed by atoms with Crippen LogP contribution in [-0.4, -0.2) is 30.1 Å². The van der Waals surface area contributed by atoms with E-state index in [4.69, 9.17) is 5.11 Å². The average Bonchev–Trinajstić information content (AvgIpc) is 2.25. The Balaban J connectivity index is 3.22. The molecule has 90 valence electrons. The largest absolute Gasteiger partial charge is 0.478 e. The third-order valence-electron chi connectivity index (χ3n) is 2.13. The zero-order valence-corrected chi connectivity index (χ0v) is 9.45. The predicted molar refractivity (Wildman–Crippen MR) is 64.1 cm³/mol. The number of hydrogen-bond donors (Lipinski definition) is 1. The fourth-order valence-electron chi connectivity index (χ4n) is 1.27. The third-order valence-corrected chi connectivity index (χ3v) is 2.13. The highest BCUT2D eigenvalue weighted by Gasteiger charge is 2.13. The summed E-state index contributed by atoms with van der Waals surface area (Å²) in [6.07, 6.45) is 2.08. The van der Waals surface area contributed by atoms with Crippen molar-refractivity contribution < 1.29 is 14.8 Å². The van der Waals surface area contributed by atoms with Gasteiger partial charge in [0.15, 0.2) is 0 Å². The second-order valence-electron chi connectivity index (χ2n) is 3.57. The first-order valence-corrected chi connectivity index (χ1v) is 4.78. The summed E-state index contributed by atoms with van der Waals surface area (Å²) in [6.45, 7) is 0. The van der Waals surface area contributed by atoms with Crippen molar-refractivity contribution in [2.24, 2.45) is 0 Å². The molecular formula is C11H12N2O4. The van der Waals surface area contributed by atoms with Crippen LogP contribution in [0.4, 0.5) is 11.4 Å². The topological polar surface area (TPSA) is 83.7 Å². The molecule has 0 aliphatic rings. The summed E-state index contributed by atoms with van der Waals surface area (Å²) in [5.74, 6) is -1.14. The molecule has 1 aromatic rings. The monoisotopic (exact) mass is 236 g/mol. The standard InChI is InChI=1S/C11H12N2O4/c1-12(2)9-5-3-8(4-6-11(14)15)10(7-9)13(16)17/h3-7H,1-2H3,(H,14,15)/b6-4+. The number of anilines is 1. The second kappa shape index (κ2) is 5.11. The molecule has 1 rings (SSSR count). The zero-order valence-electron chi connectivity index (χ0n) is 9.45. The van der Waals surface area contributed by atoms with Crippen molar-refractivity contribution in [3.63, 3.8) is 0 Å². The molecule has 1 N–H and O–H groups in total. The van der Waals surface area contributed by atoms with Gasteiger partial charge < -0.3 is 10.0 Å². The van der Waals surface area contributed by atoms with Gasteiger partial charge in [0.25, 0.3) is 5.69 Å². The van der Waals surface area contributed by atoms with Gasteiger partial charge in [0, 0.05) is 31.9 Å². The lowest BCUT2D eigenvalue weighted by Crippen LogP contribution is -2.09. The van der Waals surface area contributed by atoms with Crippen LogP contribution < -0.4 is 4.90 Å². The van der Waals surface area contributed by atoms with Crippen LogP contribution in [0, 0.1) is 10.1 Å². The maximum Gasteiger partial charge on any atom is 0.328 e. The quantitative estimate of drug-likeness (QED) is 0.489. The number of aliphatic carboxylic acids is 1. The molecule has 0 aromatic heterocycles. The Morgan fingerprint density at radius 3 is 2.59 bits per heavy atom. The minimum absolute atomic E-state index is 0.117. The van der Waals surface area contributed by atoms with E-state index < -0.39 is 10.9 Å². The van der Waals surface area contributed by atoms with Gasteiger partial charge in [0.1, 0.15) is 0 Å². The predicted octanol–water partition coefficient (Wildman–Crippen LogP) is 1.76. The van der Waals surface area contributed by atoms with Gasteiger partial charge in [-0.05, 0) is 18.2 Å². The summed E-state index contributed by atoms with van der Waals surface area (Å²) in [6, 6.07) is 4.61. The van der Waals surface area contributed by atoms with Gasteiger partial charge in [0.05, 0.1) is 10.5 Å². The Hall–Kier alpha value is -2.37. The molecule has 0 atom stereocenters. The van der Waals surface area contributed by atoms with Crippen molar-refractivity contribution >= 4 is 23.4 Å². The Kier molecular flexibility index (Phi) is 3.82. The minimum Gasteiger partial charge on any atom is -0.478 e. The summed E-state index contributed by atoms with van der Waals surface area (Å²) in [7, 11) is 3.54. The maximum absolute atomic E-state index is 10.8. The van der Waals surface area contributed by atoms with Crippen LogP contribution in [0.25, 0.3) is 6.08 Å². The molecular weight excluding hydrogens is 224 g/mol. The molecule has 0 amide bonds. The number of rotatable bonds is 4. The molecule has 6 nitrogen and oxygen atoms in total. The SMILES string of the molecule is CN(C)c1ccc(/C=C/C(=O)O)c([N+](=O)[O-])c1. The molecule has 1 aromatic carbocycles. The molecule has 0 unspecified atom stereocenters. The van der Waals surface area contributed by atoms with E-state index in [0.29, 0.717) is 5.69 Å². The molecule has 0 saturated heterocycles. The molecule has 6 heteroatoms. The van der Waals surface area contributed by atoms with E-state index in [0.717, 1.165) is 6.08 Å². The summed E-state index contributed by atoms with van der Waals surface area (Å²) >= 11 is 0. The van der Waals surface area contributed by atoms with Crippen molar-refractivity contribution in [2.45, 2.75) is 0 Å². The fraction of sp³-hybridized carbons (Fsp3) is 0.182. The summed E-state index contributed by atoms with van der Waals surface area (Å²) < 4.78 is 0. The van der Waals surface area contributed by atoms with E-state index in [1.54, 1.807) is 25.1 Å². The van der Waals surface area contributed by atoms with Crippen LogP contribution in [-0.2, 0) is 4.79 Å². The molecule has 0 heterocycles. The molecule has 0 aliphatic carbocycles. The number of nitro benzene ring substituents is 1. The van der Waals surface area contributed by atoms with Crippen molar-refractivity contribution in [1.29, 1.82) is 0 Å². The molecule has 17 heavy (non-hydrogen) atoms. The zero-order chi connectivity index (χ0) is 13.0. The Morgan fingerprint density at radius 2 is 2.12 bits per heavy atom.